The smallest absolute Gasteiger partial charge is 0.0635 e. The third-order valence-corrected chi connectivity index (χ3v) is 3.15. The molecule has 1 N–H and O–H groups in total. The summed E-state index contributed by atoms with van der Waals surface area (Å²) < 4.78 is 0. The van der Waals surface area contributed by atoms with Gasteiger partial charge in [0.05, 0.1) is 12.7 Å². The van der Waals surface area contributed by atoms with Crippen LogP contribution in [-0.2, 0) is 0 Å². The van der Waals surface area contributed by atoms with Crippen molar-refractivity contribution in [2.24, 2.45) is 0 Å². The summed E-state index contributed by atoms with van der Waals surface area (Å²) in [6.45, 7) is 7.35. The highest BCUT2D eigenvalue weighted by molar-refractivity contribution is 4.79. The van der Waals surface area contributed by atoms with E-state index in [0.717, 1.165) is 39.1 Å². The van der Waals surface area contributed by atoms with E-state index in [1.165, 1.54) is 0 Å². The first-order chi connectivity index (χ1) is 7.31. The number of nitriles is 1. The van der Waals surface area contributed by atoms with Crippen LogP contribution >= 0.6 is 0 Å². The molecular formula is C11H21N3O. The zero-order chi connectivity index (χ0) is 11.1. The van der Waals surface area contributed by atoms with Gasteiger partial charge in [-0.15, -0.1) is 0 Å². The summed E-state index contributed by atoms with van der Waals surface area (Å²) >= 11 is 0. The Kier molecular flexibility index (Phi) is 5.62. The van der Waals surface area contributed by atoms with Gasteiger partial charge in [-0.2, -0.15) is 5.26 Å². The predicted octanol–water partition coefficient (Wildman–Crippen LogP) is 0.289. The van der Waals surface area contributed by atoms with Crippen molar-refractivity contribution in [2.75, 3.05) is 39.3 Å². The first kappa shape index (κ1) is 12.4. The standard InChI is InChI=1S/C11H21N3O/c1-2-11(10-15)14-8-6-13(7-9-14)5-3-4-12/h11,15H,2-3,5-10H2,1H3. The Morgan fingerprint density at radius 3 is 2.47 bits per heavy atom. The van der Waals surface area contributed by atoms with Crippen molar-refractivity contribution in [2.45, 2.75) is 25.8 Å². The van der Waals surface area contributed by atoms with Crippen molar-refractivity contribution in [3.63, 3.8) is 0 Å². The molecule has 4 nitrogen and oxygen atoms in total. The van der Waals surface area contributed by atoms with Crippen molar-refractivity contribution >= 4 is 0 Å². The van der Waals surface area contributed by atoms with E-state index in [4.69, 9.17) is 5.26 Å². The van der Waals surface area contributed by atoms with Gasteiger partial charge < -0.3 is 5.11 Å². The SMILES string of the molecule is CCC(CO)N1CCN(CCC#N)CC1. The Labute approximate surface area is 92.1 Å². The Bertz CT molecular complexity index is 202. The molecule has 1 atom stereocenters. The van der Waals surface area contributed by atoms with Crippen molar-refractivity contribution < 1.29 is 5.11 Å². The fourth-order valence-corrected chi connectivity index (χ4v) is 2.06. The molecule has 86 valence electrons. The van der Waals surface area contributed by atoms with Gasteiger partial charge in [-0.1, -0.05) is 6.92 Å². The molecule has 0 bridgehead atoms. The summed E-state index contributed by atoms with van der Waals surface area (Å²) in [4.78, 5) is 4.67. The second kappa shape index (κ2) is 6.78. The van der Waals surface area contributed by atoms with E-state index in [-0.39, 0.29) is 6.61 Å². The van der Waals surface area contributed by atoms with Crippen LogP contribution in [0.1, 0.15) is 19.8 Å². The summed E-state index contributed by atoms with van der Waals surface area (Å²) in [7, 11) is 0. The lowest BCUT2D eigenvalue weighted by Crippen LogP contribution is -2.51. The molecule has 1 heterocycles. The molecule has 15 heavy (non-hydrogen) atoms. The highest BCUT2D eigenvalue weighted by Crippen LogP contribution is 2.08. The Hall–Kier alpha value is -0.630. The third kappa shape index (κ3) is 3.78. The molecule has 1 rings (SSSR count). The first-order valence-corrected chi connectivity index (χ1v) is 5.76. The van der Waals surface area contributed by atoms with Gasteiger partial charge in [0.2, 0.25) is 0 Å². The lowest BCUT2D eigenvalue weighted by atomic mass is 10.1. The molecule has 0 saturated carbocycles. The molecule has 1 unspecified atom stereocenters. The lowest BCUT2D eigenvalue weighted by molar-refractivity contribution is 0.0645. The summed E-state index contributed by atoms with van der Waals surface area (Å²) in [5, 5.41) is 17.7. The molecule has 4 heteroatoms. The van der Waals surface area contributed by atoms with Gasteiger partial charge in [0, 0.05) is 45.2 Å². The van der Waals surface area contributed by atoms with Gasteiger partial charge in [-0.25, -0.2) is 0 Å². The molecule has 0 radical (unpaired) electrons. The van der Waals surface area contributed by atoms with Crippen LogP contribution < -0.4 is 0 Å². The zero-order valence-electron chi connectivity index (χ0n) is 9.52. The maximum absolute atomic E-state index is 9.19. The second-order valence-electron chi connectivity index (χ2n) is 4.03. The first-order valence-electron chi connectivity index (χ1n) is 5.76. The molecule has 0 amide bonds. The van der Waals surface area contributed by atoms with Gasteiger partial charge in [-0.3, -0.25) is 9.80 Å². The second-order valence-corrected chi connectivity index (χ2v) is 4.03. The van der Waals surface area contributed by atoms with E-state index in [1.54, 1.807) is 0 Å². The molecule has 1 saturated heterocycles. The fourth-order valence-electron chi connectivity index (χ4n) is 2.06. The number of piperazine rings is 1. The van der Waals surface area contributed by atoms with E-state index >= 15 is 0 Å². The molecule has 0 aliphatic carbocycles. The summed E-state index contributed by atoms with van der Waals surface area (Å²) in [5.74, 6) is 0. The highest BCUT2D eigenvalue weighted by Gasteiger charge is 2.21. The number of nitrogens with zero attached hydrogens (tertiary/aromatic N) is 3. The molecule has 0 aromatic carbocycles. The van der Waals surface area contributed by atoms with Gasteiger partial charge in [0.25, 0.3) is 0 Å². The van der Waals surface area contributed by atoms with Crippen LogP contribution in [0.4, 0.5) is 0 Å². The van der Waals surface area contributed by atoms with E-state index in [1.807, 2.05) is 0 Å². The average molecular weight is 211 g/mol. The minimum absolute atomic E-state index is 0.259. The maximum Gasteiger partial charge on any atom is 0.0635 e. The minimum atomic E-state index is 0.259. The maximum atomic E-state index is 9.19. The number of aliphatic hydroxyl groups is 1. The summed E-state index contributed by atoms with van der Waals surface area (Å²) in [5.41, 5.74) is 0. The predicted molar refractivity (Wildman–Crippen MR) is 59.4 cm³/mol. The van der Waals surface area contributed by atoms with Crippen LogP contribution in [0, 0.1) is 11.3 Å². The lowest BCUT2D eigenvalue weighted by Gasteiger charge is -2.38. The van der Waals surface area contributed by atoms with Crippen molar-refractivity contribution in [3.8, 4) is 6.07 Å². The normalized spacial score (nSPS) is 21.1. The number of hydrogen-bond donors (Lipinski definition) is 1. The largest absolute Gasteiger partial charge is 0.395 e. The third-order valence-electron chi connectivity index (χ3n) is 3.15. The van der Waals surface area contributed by atoms with Crippen LogP contribution in [0.3, 0.4) is 0 Å². The molecule has 1 aliphatic heterocycles. The highest BCUT2D eigenvalue weighted by atomic mass is 16.3. The molecule has 0 aromatic heterocycles. The number of hydrogen-bond acceptors (Lipinski definition) is 4. The Morgan fingerprint density at radius 1 is 1.33 bits per heavy atom. The number of aliphatic hydroxyl groups excluding tert-OH is 1. The molecule has 0 aromatic rings. The zero-order valence-corrected chi connectivity index (χ0v) is 9.52. The van der Waals surface area contributed by atoms with Crippen LogP contribution in [0.25, 0.3) is 0 Å². The van der Waals surface area contributed by atoms with Crippen LogP contribution in [-0.4, -0.2) is 60.3 Å². The topological polar surface area (TPSA) is 50.5 Å². The molecule has 1 aliphatic rings. The quantitative estimate of drug-likeness (QED) is 0.710. The molecular weight excluding hydrogens is 190 g/mol. The summed E-state index contributed by atoms with van der Waals surface area (Å²) in [6.07, 6.45) is 1.63. The fraction of sp³-hybridized carbons (Fsp3) is 0.909. The van der Waals surface area contributed by atoms with Crippen LogP contribution in [0.5, 0.6) is 0 Å². The van der Waals surface area contributed by atoms with Crippen molar-refractivity contribution in [1.82, 2.24) is 9.80 Å². The Morgan fingerprint density at radius 2 is 2.00 bits per heavy atom. The van der Waals surface area contributed by atoms with Crippen LogP contribution in [0.2, 0.25) is 0 Å². The van der Waals surface area contributed by atoms with Crippen LogP contribution in [0.15, 0.2) is 0 Å². The van der Waals surface area contributed by atoms with Gasteiger partial charge >= 0.3 is 0 Å². The minimum Gasteiger partial charge on any atom is -0.395 e. The van der Waals surface area contributed by atoms with E-state index < -0.39 is 0 Å². The van der Waals surface area contributed by atoms with Gasteiger partial charge in [0.15, 0.2) is 0 Å². The van der Waals surface area contributed by atoms with Gasteiger partial charge in [-0.05, 0) is 6.42 Å². The Balaban J connectivity index is 2.26. The van der Waals surface area contributed by atoms with E-state index in [9.17, 15) is 5.11 Å². The van der Waals surface area contributed by atoms with Gasteiger partial charge in [0.1, 0.15) is 0 Å². The van der Waals surface area contributed by atoms with E-state index in [0.29, 0.717) is 12.5 Å². The van der Waals surface area contributed by atoms with Crippen molar-refractivity contribution in [1.29, 1.82) is 5.26 Å². The van der Waals surface area contributed by atoms with E-state index in [2.05, 4.69) is 22.8 Å². The molecule has 1 fully saturated rings. The summed E-state index contributed by atoms with van der Waals surface area (Å²) in [6, 6.07) is 2.50. The molecule has 0 spiro atoms. The number of rotatable bonds is 5. The van der Waals surface area contributed by atoms with Crippen molar-refractivity contribution in [3.05, 3.63) is 0 Å². The monoisotopic (exact) mass is 211 g/mol. The average Bonchev–Trinajstić information content (AvgIpc) is 2.29.